The van der Waals surface area contributed by atoms with Crippen LogP contribution in [0.4, 0.5) is 13.2 Å². The Morgan fingerprint density at radius 3 is 2.29 bits per heavy atom. The van der Waals surface area contributed by atoms with E-state index in [1.165, 1.54) is 26.2 Å². The molecule has 1 N–H and O–H groups in total. The molecule has 0 bridgehead atoms. The second-order valence-electron chi connectivity index (χ2n) is 4.77. The van der Waals surface area contributed by atoms with Crippen molar-refractivity contribution in [2.75, 3.05) is 41.4 Å². The van der Waals surface area contributed by atoms with Gasteiger partial charge >= 0.3 is 6.18 Å². The smallest absolute Gasteiger partial charge is 0.401 e. The van der Waals surface area contributed by atoms with Gasteiger partial charge in [-0.2, -0.15) is 13.2 Å². The minimum absolute atomic E-state index is 0.228. The van der Waals surface area contributed by atoms with Crippen LogP contribution >= 0.6 is 0 Å². The summed E-state index contributed by atoms with van der Waals surface area (Å²) in [5.74, 6) is 1.13. The van der Waals surface area contributed by atoms with Gasteiger partial charge in [0, 0.05) is 12.6 Å². The highest BCUT2D eigenvalue weighted by atomic mass is 19.4. The lowest BCUT2D eigenvalue weighted by Crippen LogP contribution is -2.37. The molecular weight excluding hydrogens is 285 g/mol. The fourth-order valence-electron chi connectivity index (χ4n) is 2.12. The van der Waals surface area contributed by atoms with E-state index in [9.17, 15) is 13.2 Å². The summed E-state index contributed by atoms with van der Waals surface area (Å²) in [5.41, 5.74) is 0.837. The molecule has 7 heteroatoms. The number of nitrogens with one attached hydrogen (secondary N) is 1. The number of likely N-dealkylation sites (N-methyl/N-ethyl adjacent to an activating group) is 2. The molecule has 0 aliphatic rings. The molecule has 1 aromatic carbocycles. The predicted molar refractivity (Wildman–Crippen MR) is 74.9 cm³/mol. The molecular formula is C14H21F3N2O2. The van der Waals surface area contributed by atoms with Gasteiger partial charge in [-0.05, 0) is 31.8 Å². The fraction of sp³-hybridized carbons (Fsp3) is 0.571. The van der Waals surface area contributed by atoms with Crippen LogP contribution in [0.5, 0.6) is 11.5 Å². The number of benzene rings is 1. The van der Waals surface area contributed by atoms with Gasteiger partial charge in [0.05, 0.1) is 20.8 Å². The molecule has 1 aromatic rings. The van der Waals surface area contributed by atoms with Crippen LogP contribution in [0.3, 0.4) is 0 Å². The number of hydrogen-bond donors (Lipinski definition) is 1. The first kappa shape index (κ1) is 17.6. The number of halogens is 3. The van der Waals surface area contributed by atoms with Crippen molar-refractivity contribution in [2.45, 2.75) is 12.2 Å². The minimum Gasteiger partial charge on any atom is -0.493 e. The van der Waals surface area contributed by atoms with Crippen LogP contribution in [-0.2, 0) is 0 Å². The van der Waals surface area contributed by atoms with Gasteiger partial charge in [-0.3, -0.25) is 4.90 Å². The van der Waals surface area contributed by atoms with Gasteiger partial charge in [-0.1, -0.05) is 6.07 Å². The Morgan fingerprint density at radius 1 is 1.19 bits per heavy atom. The SMILES string of the molecule is CNC(CN(C)CC(F)(F)F)c1ccc(OC)c(OC)c1. The molecule has 0 radical (unpaired) electrons. The van der Waals surface area contributed by atoms with Crippen molar-refractivity contribution in [3.05, 3.63) is 23.8 Å². The van der Waals surface area contributed by atoms with E-state index in [1.54, 1.807) is 19.2 Å². The molecule has 120 valence electrons. The maximum absolute atomic E-state index is 12.4. The number of methoxy groups -OCH3 is 2. The van der Waals surface area contributed by atoms with E-state index >= 15 is 0 Å². The van der Waals surface area contributed by atoms with Gasteiger partial charge < -0.3 is 14.8 Å². The zero-order chi connectivity index (χ0) is 16.0. The Morgan fingerprint density at radius 2 is 1.81 bits per heavy atom. The van der Waals surface area contributed by atoms with E-state index in [0.717, 1.165) is 5.56 Å². The second kappa shape index (κ2) is 7.51. The van der Waals surface area contributed by atoms with Crippen molar-refractivity contribution in [2.24, 2.45) is 0 Å². The molecule has 1 rings (SSSR count). The van der Waals surface area contributed by atoms with E-state index in [4.69, 9.17) is 9.47 Å². The maximum Gasteiger partial charge on any atom is 0.401 e. The normalized spacial score (nSPS) is 13.3. The molecule has 0 fully saturated rings. The molecule has 0 aliphatic carbocycles. The number of hydrogen-bond acceptors (Lipinski definition) is 4. The Bertz CT molecular complexity index is 452. The van der Waals surface area contributed by atoms with Gasteiger partial charge in [0.1, 0.15) is 0 Å². The average molecular weight is 306 g/mol. The van der Waals surface area contributed by atoms with E-state index in [0.29, 0.717) is 11.5 Å². The van der Waals surface area contributed by atoms with E-state index < -0.39 is 12.7 Å². The van der Waals surface area contributed by atoms with Crippen molar-refractivity contribution >= 4 is 0 Å². The molecule has 0 spiro atoms. The first-order chi connectivity index (χ1) is 9.80. The van der Waals surface area contributed by atoms with Crippen LogP contribution in [-0.4, -0.2) is 52.5 Å². The summed E-state index contributed by atoms with van der Waals surface area (Å²) in [6.07, 6.45) is -4.20. The van der Waals surface area contributed by atoms with Crippen LogP contribution in [0.2, 0.25) is 0 Å². The quantitative estimate of drug-likeness (QED) is 0.839. The molecule has 0 aromatic heterocycles. The van der Waals surface area contributed by atoms with E-state index in [1.807, 2.05) is 6.07 Å². The van der Waals surface area contributed by atoms with Crippen LogP contribution in [0.15, 0.2) is 18.2 Å². The van der Waals surface area contributed by atoms with Crippen LogP contribution in [0.25, 0.3) is 0 Å². The lowest BCUT2D eigenvalue weighted by Gasteiger charge is -2.25. The highest BCUT2D eigenvalue weighted by Crippen LogP contribution is 2.30. The first-order valence-electron chi connectivity index (χ1n) is 6.45. The number of ether oxygens (including phenoxy) is 2. The second-order valence-corrected chi connectivity index (χ2v) is 4.77. The monoisotopic (exact) mass is 306 g/mol. The Kier molecular flexibility index (Phi) is 6.29. The van der Waals surface area contributed by atoms with Gasteiger partial charge in [0.2, 0.25) is 0 Å². The predicted octanol–water partition coefficient (Wildman–Crippen LogP) is 2.46. The largest absolute Gasteiger partial charge is 0.493 e. The molecule has 1 unspecified atom stereocenters. The summed E-state index contributed by atoms with van der Waals surface area (Å²) in [5, 5.41) is 3.02. The van der Waals surface area contributed by atoms with Crippen molar-refractivity contribution in [1.29, 1.82) is 0 Å². The van der Waals surface area contributed by atoms with Crippen LogP contribution < -0.4 is 14.8 Å². The van der Waals surface area contributed by atoms with Gasteiger partial charge in [-0.15, -0.1) is 0 Å². The van der Waals surface area contributed by atoms with Gasteiger partial charge in [-0.25, -0.2) is 0 Å². The van der Waals surface area contributed by atoms with Crippen LogP contribution in [0, 0.1) is 0 Å². The molecule has 0 saturated carbocycles. The van der Waals surface area contributed by atoms with Crippen molar-refractivity contribution < 1.29 is 22.6 Å². The summed E-state index contributed by atoms with van der Waals surface area (Å²) in [7, 11) is 6.21. The van der Waals surface area contributed by atoms with Crippen molar-refractivity contribution in [3.8, 4) is 11.5 Å². The van der Waals surface area contributed by atoms with E-state index in [-0.39, 0.29) is 12.6 Å². The topological polar surface area (TPSA) is 33.7 Å². The van der Waals surface area contributed by atoms with Crippen LogP contribution in [0.1, 0.15) is 11.6 Å². The first-order valence-corrected chi connectivity index (χ1v) is 6.45. The number of nitrogens with zero attached hydrogens (tertiary/aromatic N) is 1. The Balaban J connectivity index is 2.85. The minimum atomic E-state index is -4.20. The fourth-order valence-corrected chi connectivity index (χ4v) is 2.12. The Hall–Kier alpha value is -1.47. The molecule has 0 amide bonds. The summed E-state index contributed by atoms with van der Waals surface area (Å²) in [6.45, 7) is -0.718. The van der Waals surface area contributed by atoms with Crippen molar-refractivity contribution in [1.82, 2.24) is 10.2 Å². The molecule has 0 saturated heterocycles. The van der Waals surface area contributed by atoms with Gasteiger partial charge in [0.15, 0.2) is 11.5 Å². The summed E-state index contributed by atoms with van der Waals surface area (Å²) < 4.78 is 47.5. The lowest BCUT2D eigenvalue weighted by atomic mass is 10.1. The highest BCUT2D eigenvalue weighted by molar-refractivity contribution is 5.43. The zero-order valence-electron chi connectivity index (χ0n) is 12.6. The maximum atomic E-state index is 12.4. The summed E-state index contributed by atoms with van der Waals surface area (Å²) in [6, 6.07) is 5.07. The molecule has 4 nitrogen and oxygen atoms in total. The highest BCUT2D eigenvalue weighted by Gasteiger charge is 2.30. The summed E-state index contributed by atoms with van der Waals surface area (Å²) in [4.78, 5) is 1.23. The third-order valence-corrected chi connectivity index (χ3v) is 3.10. The molecule has 1 atom stereocenters. The van der Waals surface area contributed by atoms with Crippen molar-refractivity contribution in [3.63, 3.8) is 0 Å². The molecule has 21 heavy (non-hydrogen) atoms. The summed E-state index contributed by atoms with van der Waals surface area (Å²) >= 11 is 0. The third-order valence-electron chi connectivity index (χ3n) is 3.10. The molecule has 0 heterocycles. The van der Waals surface area contributed by atoms with E-state index in [2.05, 4.69) is 5.32 Å². The third kappa shape index (κ3) is 5.43. The standard InChI is InChI=1S/C14H21F3N2O2/c1-18-11(8-19(2)9-14(15,16)17)10-5-6-12(20-3)13(7-10)21-4/h5-7,11,18H,8-9H2,1-4H3. The lowest BCUT2D eigenvalue weighted by molar-refractivity contribution is -0.143. The molecule has 0 aliphatic heterocycles. The zero-order valence-corrected chi connectivity index (χ0v) is 12.6. The number of rotatable bonds is 7. The van der Waals surface area contributed by atoms with Gasteiger partial charge in [0.25, 0.3) is 0 Å². The number of alkyl halides is 3. The average Bonchev–Trinajstić information content (AvgIpc) is 2.42. The Labute approximate surface area is 122 Å².